The van der Waals surface area contributed by atoms with Crippen LogP contribution in [0.4, 0.5) is 0 Å². The Morgan fingerprint density at radius 1 is 0.804 bits per heavy atom. The molecule has 1 aromatic carbocycles. The first-order valence-corrected chi connectivity index (χ1v) is 14.9. The molecule has 0 saturated heterocycles. The Morgan fingerprint density at radius 3 is 1.96 bits per heavy atom. The highest BCUT2D eigenvalue weighted by Crippen LogP contribution is 2.19. The second kappa shape index (κ2) is 17.7. The van der Waals surface area contributed by atoms with Crippen LogP contribution in [0.2, 0.25) is 0 Å². The SMILES string of the molecule is C[C@H](O)[C@@H](NC(=O)[C@@H](Cc1c[nH]c2ccccc12)NC(=O)[C@H](N)CCC(N)=O)C(=O)N[C@H](CCC(N)=O)C(=O)N[C@H](CS)C(N)=O. The zero-order chi connectivity index (χ0) is 34.6. The van der Waals surface area contributed by atoms with Gasteiger partial charge in [-0.3, -0.25) is 33.6 Å². The van der Waals surface area contributed by atoms with Crippen molar-refractivity contribution in [2.45, 2.75) is 75.3 Å². The number of carbonyl (C=O) groups is 7. The minimum Gasteiger partial charge on any atom is -0.391 e. The minimum absolute atomic E-state index is 0.0693. The number of fused-ring (bicyclic) bond motifs is 1. The highest BCUT2D eigenvalue weighted by Gasteiger charge is 2.34. The van der Waals surface area contributed by atoms with Gasteiger partial charge in [0.2, 0.25) is 41.4 Å². The van der Waals surface area contributed by atoms with Crippen LogP contribution in [0.5, 0.6) is 0 Å². The molecule has 0 fully saturated rings. The van der Waals surface area contributed by atoms with E-state index in [2.05, 4.69) is 38.9 Å². The van der Waals surface area contributed by atoms with E-state index in [0.29, 0.717) is 5.56 Å². The Balaban J connectivity index is 2.31. The second-order valence-electron chi connectivity index (χ2n) is 10.7. The second-order valence-corrected chi connectivity index (χ2v) is 11.0. The van der Waals surface area contributed by atoms with Crippen molar-refractivity contribution in [2.75, 3.05) is 5.75 Å². The number of H-pyrrole nitrogens is 1. The van der Waals surface area contributed by atoms with Gasteiger partial charge in [0, 0.05) is 42.1 Å². The zero-order valence-electron chi connectivity index (χ0n) is 25.2. The van der Waals surface area contributed by atoms with Crippen LogP contribution < -0.4 is 44.2 Å². The van der Waals surface area contributed by atoms with E-state index in [-0.39, 0.29) is 37.9 Å². The van der Waals surface area contributed by atoms with Gasteiger partial charge in [-0.2, -0.15) is 12.6 Å². The van der Waals surface area contributed by atoms with Gasteiger partial charge in [-0.1, -0.05) is 18.2 Å². The Morgan fingerprint density at radius 2 is 1.37 bits per heavy atom. The first-order valence-electron chi connectivity index (χ1n) is 14.3. The summed E-state index contributed by atoms with van der Waals surface area (Å²) in [6.07, 6.45) is -0.803. The molecule has 2 aromatic rings. The molecule has 17 nitrogen and oxygen atoms in total. The number of aliphatic hydroxyl groups excluding tert-OH is 1. The molecule has 18 heteroatoms. The van der Waals surface area contributed by atoms with Gasteiger partial charge in [0.15, 0.2) is 0 Å². The summed E-state index contributed by atoms with van der Waals surface area (Å²) >= 11 is 3.96. The summed E-state index contributed by atoms with van der Waals surface area (Å²) in [4.78, 5) is 89.9. The van der Waals surface area contributed by atoms with Crippen molar-refractivity contribution in [3.63, 3.8) is 0 Å². The van der Waals surface area contributed by atoms with Crippen molar-refractivity contribution in [2.24, 2.45) is 22.9 Å². The molecule has 252 valence electrons. The predicted octanol–water partition coefficient (Wildman–Crippen LogP) is -3.70. The largest absolute Gasteiger partial charge is 0.391 e. The van der Waals surface area contributed by atoms with E-state index in [4.69, 9.17) is 22.9 Å². The molecule has 0 bridgehead atoms. The molecule has 0 aliphatic carbocycles. The molecule has 7 amide bonds. The topological polar surface area (TPSA) is 308 Å². The van der Waals surface area contributed by atoms with Crippen molar-refractivity contribution >= 4 is 64.9 Å². The smallest absolute Gasteiger partial charge is 0.245 e. The fraction of sp³-hybridized carbons (Fsp3) is 0.464. The summed E-state index contributed by atoms with van der Waals surface area (Å²) in [5.41, 5.74) is 22.9. The lowest BCUT2D eigenvalue weighted by molar-refractivity contribution is -0.136. The average Bonchev–Trinajstić information content (AvgIpc) is 3.40. The van der Waals surface area contributed by atoms with Crippen LogP contribution >= 0.6 is 12.6 Å². The van der Waals surface area contributed by atoms with Gasteiger partial charge in [0.25, 0.3) is 0 Å². The van der Waals surface area contributed by atoms with Gasteiger partial charge in [-0.05, 0) is 31.4 Å². The Kier molecular flexibility index (Phi) is 14.4. The van der Waals surface area contributed by atoms with Crippen molar-refractivity contribution in [3.8, 4) is 0 Å². The van der Waals surface area contributed by atoms with Crippen LogP contribution in [0.1, 0.15) is 38.2 Å². The van der Waals surface area contributed by atoms with E-state index in [1.54, 1.807) is 18.3 Å². The van der Waals surface area contributed by atoms with E-state index in [1.807, 2.05) is 12.1 Å². The lowest BCUT2D eigenvalue weighted by Crippen LogP contribution is -2.61. The normalized spacial score (nSPS) is 15.0. The third-order valence-electron chi connectivity index (χ3n) is 6.99. The number of primary amides is 3. The van der Waals surface area contributed by atoms with E-state index >= 15 is 0 Å². The van der Waals surface area contributed by atoms with E-state index in [1.165, 1.54) is 6.92 Å². The molecule has 1 aromatic heterocycles. The third-order valence-corrected chi connectivity index (χ3v) is 7.35. The number of hydrogen-bond donors (Lipinski definition) is 11. The first-order chi connectivity index (χ1) is 21.6. The molecule has 2 rings (SSSR count). The van der Waals surface area contributed by atoms with Crippen LogP contribution in [-0.4, -0.2) is 93.5 Å². The zero-order valence-corrected chi connectivity index (χ0v) is 26.0. The number of carbonyl (C=O) groups excluding carboxylic acids is 7. The Bertz CT molecular complexity index is 1430. The monoisotopic (exact) mass is 663 g/mol. The van der Waals surface area contributed by atoms with Crippen LogP contribution in [0.25, 0.3) is 10.9 Å². The number of nitrogens with one attached hydrogen (secondary N) is 5. The number of para-hydroxylation sites is 1. The molecule has 6 atom stereocenters. The number of aromatic amines is 1. The summed E-state index contributed by atoms with van der Waals surface area (Å²) in [6.45, 7) is 1.21. The molecule has 0 radical (unpaired) electrons. The highest BCUT2D eigenvalue weighted by molar-refractivity contribution is 7.80. The first kappa shape index (κ1) is 37.5. The quantitative estimate of drug-likeness (QED) is 0.0658. The molecule has 14 N–H and O–H groups in total. The molecule has 0 spiro atoms. The summed E-state index contributed by atoms with van der Waals surface area (Å²) in [6, 6.07) is 0.426. The maximum Gasteiger partial charge on any atom is 0.245 e. The average molecular weight is 664 g/mol. The predicted molar refractivity (Wildman–Crippen MR) is 169 cm³/mol. The number of hydrogen-bond acceptors (Lipinski definition) is 10. The van der Waals surface area contributed by atoms with Crippen LogP contribution in [0.15, 0.2) is 30.5 Å². The molecular weight excluding hydrogens is 622 g/mol. The molecule has 0 aliphatic rings. The number of nitrogens with two attached hydrogens (primary N) is 4. The molecular formula is C28H41N9O8S. The number of thiol groups is 1. The van der Waals surface area contributed by atoms with Gasteiger partial charge in [-0.15, -0.1) is 0 Å². The number of benzene rings is 1. The molecule has 1 heterocycles. The number of aliphatic hydroxyl groups is 1. The maximum absolute atomic E-state index is 13.6. The fourth-order valence-electron chi connectivity index (χ4n) is 4.39. The summed E-state index contributed by atoms with van der Waals surface area (Å²) in [5, 5.41) is 20.8. The Hall–Kier alpha value is -4.68. The lowest BCUT2D eigenvalue weighted by atomic mass is 10.0. The third kappa shape index (κ3) is 11.4. The summed E-state index contributed by atoms with van der Waals surface area (Å²) < 4.78 is 0. The van der Waals surface area contributed by atoms with Crippen molar-refractivity contribution in [3.05, 3.63) is 36.0 Å². The van der Waals surface area contributed by atoms with Crippen molar-refractivity contribution in [1.82, 2.24) is 26.3 Å². The molecule has 0 unspecified atom stereocenters. The number of rotatable bonds is 19. The highest BCUT2D eigenvalue weighted by atomic mass is 32.1. The maximum atomic E-state index is 13.6. The minimum atomic E-state index is -1.65. The van der Waals surface area contributed by atoms with Crippen molar-refractivity contribution < 1.29 is 38.7 Å². The van der Waals surface area contributed by atoms with Crippen molar-refractivity contribution in [1.29, 1.82) is 0 Å². The number of aromatic nitrogens is 1. The van der Waals surface area contributed by atoms with Crippen LogP contribution in [0, 0.1) is 0 Å². The Labute approximate surface area is 269 Å². The van der Waals surface area contributed by atoms with Gasteiger partial charge in [-0.25, -0.2) is 0 Å². The standard InChI is InChI=1S/C28H41N9O8S/c1-13(38)23(28(45)34-18(7-9-22(31)40)26(43)36-20(12-46)24(32)41)37-27(44)19(35-25(42)16(29)6-8-21(30)39)10-14-11-33-17-5-3-2-4-15(14)17/h2-5,11,13,16,18-20,23,33,38,46H,6-10,12,29H2,1H3,(H2,30,39)(H2,31,40)(H2,32,41)(H,34,45)(H,35,42)(H,36,43)(H,37,44)/t13-,16+,18+,19+,20+,23+/m0/s1. The van der Waals surface area contributed by atoms with Gasteiger partial charge in [0.05, 0.1) is 12.1 Å². The van der Waals surface area contributed by atoms with E-state index < -0.39 is 77.7 Å². The summed E-state index contributed by atoms with van der Waals surface area (Å²) in [7, 11) is 0. The number of amides is 7. The lowest BCUT2D eigenvalue weighted by Gasteiger charge is -2.27. The van der Waals surface area contributed by atoms with Crippen LogP contribution in [0.3, 0.4) is 0 Å². The molecule has 46 heavy (non-hydrogen) atoms. The van der Waals surface area contributed by atoms with Gasteiger partial charge in [0.1, 0.15) is 24.2 Å². The van der Waals surface area contributed by atoms with Gasteiger partial charge >= 0.3 is 0 Å². The van der Waals surface area contributed by atoms with Crippen LogP contribution in [-0.2, 0) is 40.0 Å². The fourth-order valence-corrected chi connectivity index (χ4v) is 4.66. The summed E-state index contributed by atoms with van der Waals surface area (Å²) in [5.74, 6) is -6.06. The van der Waals surface area contributed by atoms with E-state index in [9.17, 15) is 38.7 Å². The molecule has 0 saturated carbocycles. The van der Waals surface area contributed by atoms with E-state index in [0.717, 1.165) is 10.9 Å². The van der Waals surface area contributed by atoms with Gasteiger partial charge < -0.3 is 54.3 Å². The molecule has 0 aliphatic heterocycles.